The third-order valence-corrected chi connectivity index (χ3v) is 13.4. The van der Waals surface area contributed by atoms with E-state index >= 15 is 0 Å². The molecule has 350 valence electrons. The van der Waals surface area contributed by atoms with E-state index in [0.717, 1.165) is 61.5 Å². The van der Waals surface area contributed by atoms with Crippen LogP contribution in [0.2, 0.25) is 0 Å². The van der Waals surface area contributed by atoms with Gasteiger partial charge in [-0.05, 0) is 59.9 Å². The van der Waals surface area contributed by atoms with Gasteiger partial charge in [0.15, 0.2) is 5.82 Å². The van der Waals surface area contributed by atoms with E-state index in [2.05, 4.69) is 124 Å². The van der Waals surface area contributed by atoms with Crippen molar-refractivity contribution in [2.24, 2.45) is 0 Å². The quantitative estimate of drug-likeness (QED) is 0.0484. The smallest absolute Gasteiger partial charge is 0.336 e. The number of rotatable bonds is 18. The molecule has 6 aromatic rings. The summed E-state index contributed by atoms with van der Waals surface area (Å²) in [6.45, 7) is 18.4. The minimum Gasteiger partial charge on any atom is -0.493 e. The number of amides is 4. The molecule has 1 aliphatic rings. The summed E-state index contributed by atoms with van der Waals surface area (Å²) in [5, 5.41) is 1.12. The lowest BCUT2D eigenvalue weighted by atomic mass is 9.76. The van der Waals surface area contributed by atoms with Gasteiger partial charge in [0.1, 0.15) is 11.6 Å². The van der Waals surface area contributed by atoms with Crippen molar-refractivity contribution in [2.45, 2.75) is 84.6 Å². The first kappa shape index (κ1) is 49.3. The second-order valence-electron chi connectivity index (χ2n) is 17.7. The van der Waals surface area contributed by atoms with Crippen LogP contribution in [0.5, 0.6) is 5.75 Å². The van der Waals surface area contributed by atoms with Gasteiger partial charge in [0.25, 0.3) is 0 Å². The summed E-state index contributed by atoms with van der Waals surface area (Å²) in [5.74, 6) is 2.30. The summed E-state index contributed by atoms with van der Waals surface area (Å²) in [6.07, 6.45) is 3.42. The van der Waals surface area contributed by atoms with Gasteiger partial charge >= 0.3 is 12.1 Å². The highest BCUT2D eigenvalue weighted by molar-refractivity contribution is 7.10. The average molecular weight is 932 g/mol. The summed E-state index contributed by atoms with van der Waals surface area (Å²) in [5.41, 5.74) is 17.1. The summed E-state index contributed by atoms with van der Waals surface area (Å²) in [4.78, 5) is 40.1. The Hall–Kier alpha value is -6.10. The van der Waals surface area contributed by atoms with Crippen molar-refractivity contribution in [1.82, 2.24) is 44.3 Å². The zero-order chi connectivity index (χ0) is 46.9. The largest absolute Gasteiger partial charge is 0.493 e. The molecule has 4 aromatic carbocycles. The molecule has 16 heteroatoms. The van der Waals surface area contributed by atoms with Crippen LogP contribution < -0.4 is 26.4 Å². The van der Waals surface area contributed by atoms with Crippen molar-refractivity contribution in [3.63, 3.8) is 0 Å². The van der Waals surface area contributed by atoms with Crippen LogP contribution >= 0.6 is 23.1 Å². The molecule has 0 atom stereocenters. The SMILES string of the molecule is CCC(C)(C)c1ccc(OCCCN(Cc2ccccc2)C(=O)NNc2nc(Cc3ccccc3)ns2)c(C(C)(C)CC)c1.CN1CCN(C(=O)NNc2nc(-c3ccccc3)ns2)CC1. The van der Waals surface area contributed by atoms with E-state index in [1.807, 2.05) is 78.9 Å². The van der Waals surface area contributed by atoms with E-state index < -0.39 is 0 Å². The van der Waals surface area contributed by atoms with Gasteiger partial charge < -0.3 is 19.4 Å². The van der Waals surface area contributed by atoms with Crippen LogP contribution in [-0.4, -0.2) is 91.9 Å². The minimum atomic E-state index is -0.229. The Balaban J connectivity index is 0.000000272. The fraction of sp³-hybridized carbons (Fsp3) is 0.400. The molecule has 0 saturated carbocycles. The number of ether oxygens (including phenoxy) is 1. The number of piperazine rings is 1. The van der Waals surface area contributed by atoms with Crippen LogP contribution in [0.4, 0.5) is 19.9 Å². The lowest BCUT2D eigenvalue weighted by molar-refractivity contribution is 0.156. The van der Waals surface area contributed by atoms with Crippen molar-refractivity contribution < 1.29 is 14.3 Å². The molecule has 1 aliphatic heterocycles. The van der Waals surface area contributed by atoms with Crippen molar-refractivity contribution >= 4 is 45.4 Å². The molecule has 1 saturated heterocycles. The molecule has 66 heavy (non-hydrogen) atoms. The van der Waals surface area contributed by atoms with Crippen LogP contribution in [-0.2, 0) is 23.8 Å². The van der Waals surface area contributed by atoms with Crippen LogP contribution in [0.25, 0.3) is 11.4 Å². The van der Waals surface area contributed by atoms with E-state index in [0.29, 0.717) is 54.4 Å². The molecule has 0 unspecified atom stereocenters. The monoisotopic (exact) mass is 931 g/mol. The van der Waals surface area contributed by atoms with Crippen LogP contribution in [0.1, 0.15) is 88.9 Å². The van der Waals surface area contributed by atoms with E-state index in [1.54, 1.807) is 9.80 Å². The number of carbonyl (C=O) groups excluding carboxylic acids is 2. The molecular formula is C50H65N11O3S2. The van der Waals surface area contributed by atoms with Gasteiger partial charge in [-0.25, -0.2) is 25.4 Å². The lowest BCUT2D eigenvalue weighted by Gasteiger charge is -2.32. The first-order chi connectivity index (χ1) is 31.8. The maximum absolute atomic E-state index is 13.3. The molecule has 0 spiro atoms. The molecule has 0 bridgehead atoms. The van der Waals surface area contributed by atoms with Gasteiger partial charge in [-0.1, -0.05) is 145 Å². The molecule has 7 rings (SSSR count). The van der Waals surface area contributed by atoms with Gasteiger partial charge in [0.05, 0.1) is 6.61 Å². The number of likely N-dealkylation sites (N-methyl/N-ethyl adjacent to an activating group) is 1. The Morgan fingerprint density at radius 3 is 2.00 bits per heavy atom. The highest BCUT2D eigenvalue weighted by Crippen LogP contribution is 2.38. The second-order valence-corrected chi connectivity index (χ2v) is 19.2. The summed E-state index contributed by atoms with van der Waals surface area (Å²) in [6, 6.07) is 36.2. The molecule has 4 amide bonds. The van der Waals surface area contributed by atoms with Gasteiger partial charge in [-0.3, -0.25) is 10.9 Å². The predicted octanol–water partition coefficient (Wildman–Crippen LogP) is 10.0. The zero-order valence-electron chi connectivity index (χ0n) is 39.3. The topological polar surface area (TPSA) is 153 Å². The van der Waals surface area contributed by atoms with E-state index in [9.17, 15) is 9.59 Å². The normalized spacial score (nSPS) is 13.0. The highest BCUT2D eigenvalue weighted by atomic mass is 32.1. The first-order valence-electron chi connectivity index (χ1n) is 22.7. The Morgan fingerprint density at radius 2 is 1.33 bits per heavy atom. The Kier molecular flexibility index (Phi) is 17.9. The predicted molar refractivity (Wildman–Crippen MR) is 268 cm³/mol. The number of carbonyl (C=O) groups is 2. The second kappa shape index (κ2) is 23.9. The number of nitrogens with zero attached hydrogens (tertiary/aromatic N) is 7. The third kappa shape index (κ3) is 14.4. The number of urea groups is 2. The maximum atomic E-state index is 13.3. The Bertz CT molecular complexity index is 2400. The fourth-order valence-corrected chi connectivity index (χ4v) is 8.09. The molecule has 3 heterocycles. The molecule has 2 aromatic heterocycles. The van der Waals surface area contributed by atoms with Gasteiger partial charge in [0.2, 0.25) is 10.3 Å². The molecule has 0 radical (unpaired) electrons. The zero-order valence-corrected chi connectivity index (χ0v) is 41.0. The number of anilines is 2. The number of nitrogens with one attached hydrogen (secondary N) is 4. The Labute approximate surface area is 398 Å². The Morgan fingerprint density at radius 1 is 0.727 bits per heavy atom. The van der Waals surface area contributed by atoms with Gasteiger partial charge in [-0.15, -0.1) is 0 Å². The van der Waals surface area contributed by atoms with E-state index in [-0.39, 0.29) is 22.9 Å². The molecule has 1 fully saturated rings. The number of hydrogen-bond donors (Lipinski definition) is 4. The van der Waals surface area contributed by atoms with Crippen LogP contribution in [0, 0.1) is 0 Å². The number of aromatic nitrogens is 4. The van der Waals surface area contributed by atoms with Crippen LogP contribution in [0.15, 0.2) is 109 Å². The first-order valence-corrected chi connectivity index (χ1v) is 24.3. The summed E-state index contributed by atoms with van der Waals surface area (Å²) >= 11 is 2.45. The van der Waals surface area contributed by atoms with Crippen molar-refractivity contribution in [3.8, 4) is 17.1 Å². The fourth-order valence-electron chi connectivity index (χ4n) is 7.01. The molecular weight excluding hydrogens is 867 g/mol. The number of hydrogen-bond acceptors (Lipinski definition) is 12. The van der Waals surface area contributed by atoms with Crippen molar-refractivity contribution in [1.29, 1.82) is 0 Å². The third-order valence-electron chi connectivity index (χ3n) is 12.1. The molecule has 4 N–H and O–H groups in total. The van der Waals surface area contributed by atoms with E-state index in [4.69, 9.17) is 4.74 Å². The van der Waals surface area contributed by atoms with Crippen molar-refractivity contribution in [3.05, 3.63) is 137 Å². The van der Waals surface area contributed by atoms with E-state index in [1.165, 1.54) is 34.2 Å². The van der Waals surface area contributed by atoms with Crippen molar-refractivity contribution in [2.75, 3.05) is 57.2 Å². The van der Waals surface area contributed by atoms with Gasteiger partial charge in [-0.2, -0.15) is 13.7 Å². The minimum absolute atomic E-state index is 0.00822. The van der Waals surface area contributed by atoms with Crippen LogP contribution in [0.3, 0.4) is 0 Å². The summed E-state index contributed by atoms with van der Waals surface area (Å²) in [7, 11) is 2.06. The number of hydrazine groups is 2. The lowest BCUT2D eigenvalue weighted by Crippen LogP contribution is -2.51. The number of benzene rings is 4. The molecule has 0 aliphatic carbocycles. The highest BCUT2D eigenvalue weighted by Gasteiger charge is 2.27. The average Bonchev–Trinajstić information content (AvgIpc) is 4.02. The standard InChI is InChI=1S/C36H47N5O2S.C14H18N6OS/c1-7-35(3,4)29-20-21-31(30(25-29)36(5,6)8-2)43-23-15-22-41(26-28-18-13-10-14-19-28)34(42)39-38-33-37-32(40-44-33)24-27-16-11-9-12-17-27;1-19-7-9-20(10-8-19)14(21)17-16-13-15-12(18-22-13)11-5-3-2-4-6-11/h9-14,16-21,25H,7-8,15,22-24,26H2,1-6H3,(H,39,42)(H,37,38,40);2-6H,7-10H2,1H3,(H,17,21)(H,15,16,18). The van der Waals surface area contributed by atoms with Gasteiger partial charge in [0, 0.05) is 79.9 Å². The maximum Gasteiger partial charge on any atom is 0.336 e. The molecule has 14 nitrogen and oxygen atoms in total. The summed E-state index contributed by atoms with van der Waals surface area (Å²) < 4.78 is 15.1.